The molecule has 0 aromatic heterocycles. The lowest BCUT2D eigenvalue weighted by Crippen LogP contribution is -2.24. The van der Waals surface area contributed by atoms with Gasteiger partial charge in [-0.1, -0.05) is 0 Å². The number of hydrogen-bond donors (Lipinski definition) is 2. The Hall–Kier alpha value is 0.287. The third kappa shape index (κ3) is 8.29. The van der Waals surface area contributed by atoms with Crippen LogP contribution in [-0.4, -0.2) is 18.1 Å². The average Bonchev–Trinajstić information content (AvgIpc) is 1.57. The Morgan fingerprint density at radius 2 is 1.70 bits per heavy atom. The molecule has 0 aliphatic carbocycles. The monoisotopic (exact) mass is 186 g/mol. The largest absolute Gasteiger partial charge is 0.495 e. The van der Waals surface area contributed by atoms with Crippen LogP contribution in [0.2, 0.25) is 19.6 Å². The average molecular weight is 186 g/mol. The van der Waals surface area contributed by atoms with E-state index >= 15 is 0 Å². The Kier molecular flexibility index (Phi) is 3.21. The van der Waals surface area contributed by atoms with Crippen LogP contribution in [0.3, 0.4) is 0 Å². The molecule has 10 heavy (non-hydrogen) atoms. The topological polar surface area (TPSA) is 76.0 Å². The van der Waals surface area contributed by atoms with E-state index in [0.717, 1.165) is 0 Å². The molecule has 0 rings (SSSR count). The van der Waals surface area contributed by atoms with Crippen LogP contribution in [0.5, 0.6) is 0 Å². The Morgan fingerprint density at radius 3 is 1.80 bits per heavy atom. The van der Waals surface area contributed by atoms with Crippen molar-refractivity contribution < 1.29 is 23.6 Å². The maximum atomic E-state index is 10.0. The summed E-state index contributed by atoms with van der Waals surface area (Å²) >= 11 is 0. The van der Waals surface area contributed by atoms with E-state index in [1.54, 1.807) is 19.6 Å². The van der Waals surface area contributed by atoms with Gasteiger partial charge in [0.1, 0.15) is 0 Å². The molecule has 0 aromatic rings. The van der Waals surface area contributed by atoms with Gasteiger partial charge in [-0.2, -0.15) is 0 Å². The summed E-state index contributed by atoms with van der Waals surface area (Å²) in [6, 6.07) is 0. The molecule has 0 fully saturated rings. The minimum Gasteiger partial charge on any atom is -0.301 e. The summed E-state index contributed by atoms with van der Waals surface area (Å²) in [7, 11) is -6.43. The van der Waals surface area contributed by atoms with Gasteiger partial charge >= 0.3 is 7.82 Å². The molecule has 0 aliphatic rings. The van der Waals surface area contributed by atoms with E-state index in [2.05, 4.69) is 9.25 Å². The molecule has 0 aliphatic heterocycles. The predicted molar refractivity (Wildman–Crippen MR) is 37.6 cm³/mol. The van der Waals surface area contributed by atoms with Crippen LogP contribution in [0.1, 0.15) is 0 Å². The van der Waals surface area contributed by atoms with Crippen molar-refractivity contribution in [2.75, 3.05) is 0 Å². The molecule has 0 radical (unpaired) electrons. The third-order valence-electron chi connectivity index (χ3n) is 0.384. The molecule has 0 spiro atoms. The van der Waals surface area contributed by atoms with Crippen LogP contribution in [-0.2, 0) is 13.8 Å². The van der Waals surface area contributed by atoms with Gasteiger partial charge in [0, 0.05) is 0 Å². The van der Waals surface area contributed by atoms with Crippen LogP contribution in [0.15, 0.2) is 0 Å². The summed E-state index contributed by atoms with van der Waals surface area (Å²) in [5.74, 6) is 0. The lowest BCUT2D eigenvalue weighted by atomic mass is 11.8. The normalized spacial score (nSPS) is 13.7. The fourth-order valence-electron chi connectivity index (χ4n) is 0.160. The Labute approximate surface area is 60.3 Å². The minimum atomic E-state index is -4.45. The summed E-state index contributed by atoms with van der Waals surface area (Å²) in [6.07, 6.45) is 0. The minimum absolute atomic E-state index is 1.75. The zero-order chi connectivity index (χ0) is 8.41. The molecule has 7 heteroatoms. The first-order valence-electron chi connectivity index (χ1n) is 2.64. The van der Waals surface area contributed by atoms with Crippen LogP contribution < -0.4 is 0 Å². The number of hydrogen-bond acceptors (Lipinski definition) is 3. The Morgan fingerprint density at radius 1 is 1.30 bits per heavy atom. The van der Waals surface area contributed by atoms with Gasteiger partial charge in [-0.25, -0.2) is 4.57 Å². The second kappa shape index (κ2) is 3.12. The molecule has 2 N–H and O–H groups in total. The maximum Gasteiger partial charge on any atom is 0.495 e. The van der Waals surface area contributed by atoms with Crippen molar-refractivity contribution in [3.8, 4) is 0 Å². The summed E-state index contributed by atoms with van der Waals surface area (Å²) in [5, 5.41) is 0. The van der Waals surface area contributed by atoms with Crippen LogP contribution in [0, 0.1) is 0 Å². The molecule has 0 aromatic carbocycles. The molecule has 0 amide bonds. The predicted octanol–water partition coefficient (Wildman–Crippen LogP) is 0.862. The van der Waals surface area contributed by atoms with E-state index in [-0.39, 0.29) is 0 Å². The molecule has 0 unspecified atom stereocenters. The smallest absolute Gasteiger partial charge is 0.301 e. The molecular weight excluding hydrogens is 175 g/mol. The molecule has 0 saturated heterocycles. The second-order valence-corrected chi connectivity index (χ2v) is 8.28. The highest BCUT2D eigenvalue weighted by Gasteiger charge is 2.23. The molecular formula is C3H11O5PSi. The SMILES string of the molecule is C[Si](C)(C)OOP(=O)(O)O. The van der Waals surface area contributed by atoms with Crippen LogP contribution in [0.25, 0.3) is 0 Å². The lowest BCUT2D eigenvalue weighted by Gasteiger charge is -2.14. The Bertz CT molecular complexity index is 145. The van der Waals surface area contributed by atoms with Crippen molar-refractivity contribution in [3.63, 3.8) is 0 Å². The molecule has 0 atom stereocenters. The molecule has 0 bridgehead atoms. The van der Waals surface area contributed by atoms with Crippen molar-refractivity contribution in [2.24, 2.45) is 0 Å². The van der Waals surface area contributed by atoms with Gasteiger partial charge in [0.15, 0.2) is 0 Å². The van der Waals surface area contributed by atoms with Gasteiger partial charge in [-0.05, 0) is 19.6 Å². The van der Waals surface area contributed by atoms with E-state index in [4.69, 9.17) is 9.79 Å². The molecule has 0 saturated carbocycles. The fourth-order valence-corrected chi connectivity index (χ4v) is 1.44. The Balaban J connectivity index is 3.67. The third-order valence-corrected chi connectivity index (χ3v) is 1.38. The highest BCUT2D eigenvalue weighted by atomic mass is 31.2. The molecule has 62 valence electrons. The van der Waals surface area contributed by atoms with Crippen LogP contribution >= 0.6 is 7.82 Å². The zero-order valence-electron chi connectivity index (χ0n) is 6.07. The maximum absolute atomic E-state index is 10.0. The van der Waals surface area contributed by atoms with E-state index in [0.29, 0.717) is 0 Å². The van der Waals surface area contributed by atoms with Crippen LogP contribution in [0.4, 0.5) is 0 Å². The standard InChI is InChI=1S/C3H11O5PSi/c1-10(2,3)8-7-9(4,5)6/h1-3H3,(H2,4,5,6). The van der Waals surface area contributed by atoms with Gasteiger partial charge in [-0.3, -0.25) is 4.58 Å². The lowest BCUT2D eigenvalue weighted by molar-refractivity contribution is -0.133. The van der Waals surface area contributed by atoms with E-state index in [1.165, 1.54) is 0 Å². The van der Waals surface area contributed by atoms with Gasteiger partial charge in [0.25, 0.3) is 0 Å². The van der Waals surface area contributed by atoms with Gasteiger partial charge in [0.05, 0.1) is 0 Å². The van der Waals surface area contributed by atoms with E-state index in [9.17, 15) is 4.57 Å². The molecule has 5 nitrogen and oxygen atoms in total. The van der Waals surface area contributed by atoms with Gasteiger partial charge < -0.3 is 9.79 Å². The highest BCUT2D eigenvalue weighted by molar-refractivity contribution is 7.46. The first-order valence-corrected chi connectivity index (χ1v) is 7.57. The summed E-state index contributed by atoms with van der Waals surface area (Å²) in [4.78, 5) is 16.3. The second-order valence-electron chi connectivity index (χ2n) is 2.76. The first kappa shape index (κ1) is 10.3. The van der Waals surface area contributed by atoms with Gasteiger partial charge in [-0.15, -0.1) is 4.67 Å². The van der Waals surface area contributed by atoms with Crippen molar-refractivity contribution in [2.45, 2.75) is 19.6 Å². The zero-order valence-corrected chi connectivity index (χ0v) is 7.96. The summed E-state index contributed by atoms with van der Waals surface area (Å²) in [5.41, 5.74) is 0. The van der Waals surface area contributed by atoms with Crippen molar-refractivity contribution in [3.05, 3.63) is 0 Å². The van der Waals surface area contributed by atoms with E-state index in [1.807, 2.05) is 0 Å². The first-order chi connectivity index (χ1) is 4.21. The van der Waals surface area contributed by atoms with Crippen molar-refractivity contribution in [1.29, 1.82) is 0 Å². The summed E-state index contributed by atoms with van der Waals surface area (Å²) in [6.45, 7) is 5.26. The fraction of sp³-hybridized carbons (Fsp3) is 1.00. The van der Waals surface area contributed by atoms with E-state index < -0.39 is 16.1 Å². The number of phosphoric acid groups is 1. The summed E-state index contributed by atoms with van der Waals surface area (Å²) < 4.78 is 18.3. The molecule has 0 heterocycles. The number of rotatable bonds is 3. The quantitative estimate of drug-likeness (QED) is 0.296. The highest BCUT2D eigenvalue weighted by Crippen LogP contribution is 2.37. The van der Waals surface area contributed by atoms with Crippen molar-refractivity contribution >= 4 is 16.1 Å². The van der Waals surface area contributed by atoms with Gasteiger partial charge in [0.2, 0.25) is 8.32 Å². The van der Waals surface area contributed by atoms with Crippen molar-refractivity contribution in [1.82, 2.24) is 0 Å².